The number of hydrogen-bond donors (Lipinski definition) is 4. The molecule has 0 amide bonds. The van der Waals surface area contributed by atoms with E-state index >= 15 is 0 Å². The Labute approximate surface area is 69.5 Å². The van der Waals surface area contributed by atoms with Gasteiger partial charge in [0, 0.05) is 0 Å². The van der Waals surface area contributed by atoms with Gasteiger partial charge in [-0.3, -0.25) is 4.84 Å². The highest BCUT2D eigenvalue weighted by Gasteiger charge is 2.38. The van der Waals surface area contributed by atoms with E-state index < -0.39 is 24.4 Å². The molecule has 1 aliphatic rings. The maximum atomic E-state index is 9.26. The summed E-state index contributed by atoms with van der Waals surface area (Å²) in [6, 6.07) is 0. The average molecular weight is 178 g/mol. The molecule has 6 nitrogen and oxygen atoms in total. The quantitative estimate of drug-likeness (QED) is 0.349. The predicted molar refractivity (Wildman–Crippen MR) is 37.3 cm³/mol. The van der Waals surface area contributed by atoms with Crippen LogP contribution >= 0.6 is 0 Å². The minimum atomic E-state index is -1.19. The monoisotopic (exact) mass is 178 g/mol. The highest BCUT2D eigenvalue weighted by atomic mass is 16.7. The Morgan fingerprint density at radius 1 is 1.42 bits per heavy atom. The van der Waals surface area contributed by atoms with E-state index in [-0.39, 0.29) is 6.61 Å². The van der Waals surface area contributed by atoms with Crippen molar-refractivity contribution in [3.05, 3.63) is 6.61 Å². The molecule has 1 rings (SSSR count). The minimum Gasteiger partial charge on any atom is -0.394 e. The average Bonchev–Trinajstić information content (AvgIpc) is 2.10. The van der Waals surface area contributed by atoms with Crippen molar-refractivity contribution in [2.75, 3.05) is 6.61 Å². The van der Waals surface area contributed by atoms with Crippen LogP contribution in [0, 0.1) is 6.61 Å². The molecule has 0 bridgehead atoms. The second-order valence-electron chi connectivity index (χ2n) is 2.58. The molecule has 1 fully saturated rings. The van der Waals surface area contributed by atoms with E-state index in [1.165, 1.54) is 0 Å². The number of ether oxygens (including phenoxy) is 1. The van der Waals surface area contributed by atoms with Crippen LogP contribution in [0.2, 0.25) is 0 Å². The van der Waals surface area contributed by atoms with Gasteiger partial charge in [-0.15, -0.1) is 0 Å². The molecule has 0 saturated carbocycles. The van der Waals surface area contributed by atoms with Gasteiger partial charge < -0.3 is 20.1 Å². The van der Waals surface area contributed by atoms with Crippen molar-refractivity contribution >= 4 is 0 Å². The van der Waals surface area contributed by atoms with Crippen molar-refractivity contribution in [2.45, 2.75) is 24.4 Å². The zero-order valence-electron chi connectivity index (χ0n) is 6.33. The number of hydrogen-bond acceptors (Lipinski definition) is 6. The van der Waals surface area contributed by atoms with E-state index in [1.807, 2.05) is 0 Å². The summed E-state index contributed by atoms with van der Waals surface area (Å²) in [6.45, 7) is 0.782. The van der Waals surface area contributed by atoms with Gasteiger partial charge in [0.15, 0.2) is 0 Å². The maximum Gasteiger partial charge on any atom is 0.136 e. The molecule has 0 aromatic heterocycles. The van der Waals surface area contributed by atoms with Gasteiger partial charge in [0.2, 0.25) is 0 Å². The molecule has 0 aromatic rings. The van der Waals surface area contributed by atoms with E-state index in [2.05, 4.69) is 4.84 Å². The van der Waals surface area contributed by atoms with Gasteiger partial charge in [0.25, 0.3) is 0 Å². The van der Waals surface area contributed by atoms with Crippen molar-refractivity contribution in [2.24, 2.45) is 5.90 Å². The predicted octanol–water partition coefficient (Wildman–Crippen LogP) is -2.48. The molecule has 1 saturated heterocycles. The standard InChI is InChI=1S/C6H12NO5/c7-12-4-2-11-3(1-8)5(9)6(4)10/h2-6,8-10H,1,7H2/t3-,4+,5-,6-/m1/s1. The van der Waals surface area contributed by atoms with Gasteiger partial charge in [-0.05, 0) is 0 Å². The van der Waals surface area contributed by atoms with Crippen LogP contribution in [-0.4, -0.2) is 46.3 Å². The second-order valence-corrected chi connectivity index (χ2v) is 2.58. The lowest BCUT2D eigenvalue weighted by Gasteiger charge is -2.34. The van der Waals surface area contributed by atoms with Crippen LogP contribution in [0.3, 0.4) is 0 Å². The summed E-state index contributed by atoms with van der Waals surface area (Å²) in [5.41, 5.74) is 0. The molecule has 0 aromatic carbocycles. The molecule has 0 unspecified atom stereocenters. The topological polar surface area (TPSA) is 105 Å². The molecule has 0 spiro atoms. The minimum absolute atomic E-state index is 0.369. The Balaban J connectivity index is 2.52. The normalized spacial score (nSPS) is 43.0. The summed E-state index contributed by atoms with van der Waals surface area (Å²) in [6.07, 6.45) is -4.02. The Hall–Kier alpha value is -0.240. The molecule has 5 N–H and O–H groups in total. The van der Waals surface area contributed by atoms with Crippen molar-refractivity contribution in [3.63, 3.8) is 0 Å². The molecule has 1 heterocycles. The summed E-state index contributed by atoms with van der Waals surface area (Å²) < 4.78 is 4.82. The van der Waals surface area contributed by atoms with Crippen molar-refractivity contribution < 1.29 is 24.9 Å². The maximum absolute atomic E-state index is 9.26. The van der Waals surface area contributed by atoms with Crippen LogP contribution in [0.25, 0.3) is 0 Å². The summed E-state index contributed by atoms with van der Waals surface area (Å²) in [5.74, 6) is 4.80. The number of nitrogens with two attached hydrogens (primary N) is 1. The molecule has 71 valence electrons. The van der Waals surface area contributed by atoms with Crippen molar-refractivity contribution in [1.29, 1.82) is 0 Å². The van der Waals surface area contributed by atoms with E-state index in [4.69, 9.17) is 15.7 Å². The third-order valence-corrected chi connectivity index (χ3v) is 1.79. The zero-order chi connectivity index (χ0) is 9.14. The molecule has 0 aliphatic carbocycles. The fraction of sp³-hybridized carbons (Fsp3) is 0.833. The summed E-state index contributed by atoms with van der Waals surface area (Å²) in [7, 11) is 0. The molecule has 1 radical (unpaired) electrons. The SMILES string of the molecule is NO[C@H]1[CH]O[C@H](CO)[C@@H](O)[C@@H]1O. The van der Waals surface area contributed by atoms with Gasteiger partial charge >= 0.3 is 0 Å². The molecular formula is C6H12NO5. The van der Waals surface area contributed by atoms with Crippen molar-refractivity contribution in [3.8, 4) is 0 Å². The summed E-state index contributed by atoms with van der Waals surface area (Å²) in [5, 5.41) is 27.2. The van der Waals surface area contributed by atoms with E-state index in [0.29, 0.717) is 0 Å². The Morgan fingerprint density at radius 3 is 2.58 bits per heavy atom. The number of rotatable bonds is 2. The van der Waals surface area contributed by atoms with E-state index in [9.17, 15) is 10.2 Å². The zero-order valence-corrected chi connectivity index (χ0v) is 6.33. The lowest BCUT2D eigenvalue weighted by Crippen LogP contribution is -2.53. The Morgan fingerprint density at radius 2 is 2.08 bits per heavy atom. The fourth-order valence-electron chi connectivity index (χ4n) is 1.02. The molecule has 6 heteroatoms. The van der Waals surface area contributed by atoms with E-state index in [1.54, 1.807) is 0 Å². The first kappa shape index (κ1) is 9.85. The van der Waals surface area contributed by atoms with Crippen LogP contribution < -0.4 is 5.90 Å². The highest BCUT2D eigenvalue weighted by Crippen LogP contribution is 2.19. The lowest BCUT2D eigenvalue weighted by atomic mass is 10.0. The number of aliphatic hydroxyl groups excluding tert-OH is 3. The molecule has 1 aliphatic heterocycles. The van der Waals surface area contributed by atoms with Crippen LogP contribution in [0.4, 0.5) is 0 Å². The van der Waals surface area contributed by atoms with E-state index in [0.717, 1.165) is 6.61 Å². The fourth-order valence-corrected chi connectivity index (χ4v) is 1.02. The Kier molecular flexibility index (Phi) is 3.39. The summed E-state index contributed by atoms with van der Waals surface area (Å²) >= 11 is 0. The van der Waals surface area contributed by atoms with Crippen LogP contribution in [-0.2, 0) is 9.57 Å². The first-order valence-electron chi connectivity index (χ1n) is 3.52. The summed E-state index contributed by atoms with van der Waals surface area (Å²) in [4.78, 5) is 4.29. The third-order valence-electron chi connectivity index (χ3n) is 1.79. The smallest absolute Gasteiger partial charge is 0.136 e. The largest absolute Gasteiger partial charge is 0.394 e. The van der Waals surface area contributed by atoms with Gasteiger partial charge in [0.05, 0.1) is 6.61 Å². The first-order chi connectivity index (χ1) is 5.70. The van der Waals surface area contributed by atoms with Gasteiger partial charge in [-0.25, -0.2) is 5.90 Å². The third kappa shape index (κ3) is 1.74. The van der Waals surface area contributed by atoms with Gasteiger partial charge in [-0.1, -0.05) is 0 Å². The number of aliphatic hydroxyl groups is 3. The molecule has 12 heavy (non-hydrogen) atoms. The van der Waals surface area contributed by atoms with Gasteiger partial charge in [-0.2, -0.15) is 0 Å². The highest BCUT2D eigenvalue weighted by molar-refractivity contribution is 4.92. The van der Waals surface area contributed by atoms with Gasteiger partial charge in [0.1, 0.15) is 31.0 Å². The molecule has 4 atom stereocenters. The van der Waals surface area contributed by atoms with Crippen LogP contribution in [0.15, 0.2) is 0 Å². The second kappa shape index (κ2) is 4.13. The van der Waals surface area contributed by atoms with Crippen LogP contribution in [0.1, 0.15) is 0 Å². The first-order valence-corrected chi connectivity index (χ1v) is 3.52. The van der Waals surface area contributed by atoms with Crippen molar-refractivity contribution in [1.82, 2.24) is 0 Å². The lowest BCUT2D eigenvalue weighted by molar-refractivity contribution is -0.184. The van der Waals surface area contributed by atoms with Crippen LogP contribution in [0.5, 0.6) is 0 Å². The Bertz CT molecular complexity index is 128. The molecular weight excluding hydrogens is 166 g/mol.